The molecule has 0 amide bonds. The molecule has 0 saturated carbocycles. The van der Waals surface area contributed by atoms with Crippen LogP contribution in [0.15, 0.2) is 199 Å². The number of nitrogens with zero attached hydrogens (tertiary/aromatic N) is 4. The minimum Gasteiger partial charge on any atom is -0.455 e. The van der Waals surface area contributed by atoms with E-state index in [0.717, 1.165) is 66.2 Å². The largest absolute Gasteiger partial charge is 0.455 e. The van der Waals surface area contributed by atoms with E-state index in [4.69, 9.17) is 19.4 Å². The van der Waals surface area contributed by atoms with Crippen molar-refractivity contribution in [3.8, 4) is 51.0 Å². The highest BCUT2D eigenvalue weighted by molar-refractivity contribution is 6.23. The lowest BCUT2D eigenvalue weighted by Crippen LogP contribution is -2.00. The Labute approximate surface area is 333 Å². The number of aromatic nitrogens is 4. The fourth-order valence-corrected chi connectivity index (χ4v) is 8.73. The van der Waals surface area contributed by atoms with Gasteiger partial charge in [-0.2, -0.15) is 0 Å². The van der Waals surface area contributed by atoms with Crippen LogP contribution in [0.5, 0.6) is 0 Å². The summed E-state index contributed by atoms with van der Waals surface area (Å²) in [6, 6.07) is 68.1. The van der Waals surface area contributed by atoms with Crippen molar-refractivity contribution in [1.82, 2.24) is 19.5 Å². The van der Waals surface area contributed by atoms with Gasteiger partial charge in [-0.25, -0.2) is 15.0 Å². The molecule has 3 aromatic heterocycles. The van der Waals surface area contributed by atoms with Gasteiger partial charge in [-0.15, -0.1) is 0 Å². The van der Waals surface area contributed by atoms with E-state index >= 15 is 0 Å². The Morgan fingerprint density at radius 3 is 1.67 bits per heavy atom. The van der Waals surface area contributed by atoms with Crippen LogP contribution in [0.2, 0.25) is 0 Å². The van der Waals surface area contributed by atoms with Gasteiger partial charge in [0.25, 0.3) is 0 Å². The highest BCUT2D eigenvalue weighted by Crippen LogP contribution is 2.43. The zero-order valence-corrected chi connectivity index (χ0v) is 31.2. The number of hydrogen-bond acceptors (Lipinski definition) is 4. The topological polar surface area (TPSA) is 56.7 Å². The van der Waals surface area contributed by atoms with Gasteiger partial charge in [0.2, 0.25) is 0 Å². The molecule has 0 N–H and O–H groups in total. The van der Waals surface area contributed by atoms with E-state index in [0.29, 0.717) is 17.5 Å². The molecule has 9 aromatic carbocycles. The van der Waals surface area contributed by atoms with Crippen molar-refractivity contribution in [2.45, 2.75) is 0 Å². The molecule has 0 radical (unpaired) electrons. The third kappa shape index (κ3) is 5.07. The molecule has 270 valence electrons. The lowest BCUT2D eigenvalue weighted by molar-refractivity contribution is 0.670. The molecule has 3 heterocycles. The molecule has 0 aliphatic heterocycles. The van der Waals surface area contributed by atoms with Crippen LogP contribution >= 0.6 is 0 Å². The zero-order valence-electron chi connectivity index (χ0n) is 31.2. The van der Waals surface area contributed by atoms with Crippen LogP contribution in [0.1, 0.15) is 0 Å². The van der Waals surface area contributed by atoms with E-state index in [9.17, 15) is 0 Å². The van der Waals surface area contributed by atoms with E-state index in [1.807, 2.05) is 66.7 Å². The summed E-state index contributed by atoms with van der Waals surface area (Å²) >= 11 is 0. The SMILES string of the molecule is c1ccc(-c2nc(-c3ccccc3)nc(-c3cccc4c3oc3cc(-c5ccc(-n6c7ccccc7c7cc8ccccc8cc76)cc5)c5ccccc5c34)n2)cc1. The molecule has 12 aromatic rings. The Morgan fingerprint density at radius 2 is 0.948 bits per heavy atom. The van der Waals surface area contributed by atoms with Crippen molar-refractivity contribution in [1.29, 1.82) is 0 Å². The van der Waals surface area contributed by atoms with Crippen molar-refractivity contribution < 1.29 is 4.42 Å². The molecule has 0 saturated heterocycles. The van der Waals surface area contributed by atoms with Crippen LogP contribution < -0.4 is 0 Å². The van der Waals surface area contributed by atoms with Crippen LogP contribution in [0, 0.1) is 0 Å². The van der Waals surface area contributed by atoms with Gasteiger partial charge in [0.05, 0.1) is 16.6 Å². The van der Waals surface area contributed by atoms with Crippen molar-refractivity contribution in [2.75, 3.05) is 0 Å². The molecular weight excluding hydrogens is 709 g/mol. The Kier molecular flexibility index (Phi) is 7.16. The normalized spacial score (nSPS) is 11.8. The Hall–Kier alpha value is -7.89. The van der Waals surface area contributed by atoms with Gasteiger partial charge in [0.15, 0.2) is 17.5 Å². The predicted molar refractivity (Wildman–Crippen MR) is 238 cm³/mol. The summed E-state index contributed by atoms with van der Waals surface area (Å²) in [7, 11) is 0. The number of fused-ring (bicyclic) bond motifs is 9. The summed E-state index contributed by atoms with van der Waals surface area (Å²) in [6.45, 7) is 0. The van der Waals surface area contributed by atoms with Crippen LogP contribution in [0.4, 0.5) is 0 Å². The van der Waals surface area contributed by atoms with Crippen LogP contribution in [-0.2, 0) is 0 Å². The number of benzene rings is 9. The molecule has 0 aliphatic carbocycles. The Bertz CT molecular complexity index is 3490. The first-order valence-corrected chi connectivity index (χ1v) is 19.5. The van der Waals surface area contributed by atoms with Crippen molar-refractivity contribution in [2.24, 2.45) is 0 Å². The number of rotatable bonds is 5. The first-order chi connectivity index (χ1) is 28.7. The van der Waals surface area contributed by atoms with Crippen molar-refractivity contribution in [3.63, 3.8) is 0 Å². The van der Waals surface area contributed by atoms with E-state index in [1.54, 1.807) is 0 Å². The third-order valence-electron chi connectivity index (χ3n) is 11.4. The summed E-state index contributed by atoms with van der Waals surface area (Å²) in [5.41, 5.74) is 9.96. The second kappa shape index (κ2) is 12.8. The number of hydrogen-bond donors (Lipinski definition) is 0. The molecule has 0 aliphatic rings. The number of para-hydroxylation sites is 2. The zero-order chi connectivity index (χ0) is 38.2. The standard InChI is InChI=1S/C53H32N4O/c1-3-14-34(15-4-1)51-54-52(35-16-5-2-6-17-35)56-53(55-51)43-24-13-23-42-49-41-22-10-9-20-39(41)44(32-48(49)58-50(42)43)33-26-28-38(29-27-33)57-46-25-12-11-21-40(46)45-30-36-18-7-8-19-37(36)31-47(45)57/h1-32H. The lowest BCUT2D eigenvalue weighted by Gasteiger charge is -2.12. The van der Waals surface area contributed by atoms with Crippen molar-refractivity contribution in [3.05, 3.63) is 194 Å². The van der Waals surface area contributed by atoms with Gasteiger partial charge in [0, 0.05) is 38.4 Å². The molecule has 0 atom stereocenters. The fraction of sp³-hybridized carbons (Fsp3) is 0. The molecule has 0 spiro atoms. The van der Waals surface area contributed by atoms with Gasteiger partial charge in [-0.3, -0.25) is 0 Å². The maximum absolute atomic E-state index is 6.91. The van der Waals surface area contributed by atoms with E-state index in [1.165, 1.54) is 32.6 Å². The first kappa shape index (κ1) is 32.4. The monoisotopic (exact) mass is 740 g/mol. The molecule has 58 heavy (non-hydrogen) atoms. The second-order valence-electron chi connectivity index (χ2n) is 14.8. The summed E-state index contributed by atoms with van der Waals surface area (Å²) in [6.07, 6.45) is 0. The fourth-order valence-electron chi connectivity index (χ4n) is 8.73. The average Bonchev–Trinajstić information content (AvgIpc) is 3.84. The van der Waals surface area contributed by atoms with E-state index < -0.39 is 0 Å². The Morgan fingerprint density at radius 1 is 0.362 bits per heavy atom. The quantitative estimate of drug-likeness (QED) is 0.176. The summed E-state index contributed by atoms with van der Waals surface area (Å²) in [5, 5.41) is 9.37. The van der Waals surface area contributed by atoms with E-state index in [-0.39, 0.29) is 0 Å². The van der Waals surface area contributed by atoms with Gasteiger partial charge >= 0.3 is 0 Å². The molecule has 5 heteroatoms. The Balaban J connectivity index is 1.02. The van der Waals surface area contributed by atoms with E-state index in [2.05, 4.69) is 132 Å². The van der Waals surface area contributed by atoms with Crippen LogP contribution in [0.3, 0.4) is 0 Å². The highest BCUT2D eigenvalue weighted by atomic mass is 16.3. The first-order valence-electron chi connectivity index (χ1n) is 19.5. The van der Waals surface area contributed by atoms with Gasteiger partial charge in [0.1, 0.15) is 11.2 Å². The molecule has 0 unspecified atom stereocenters. The molecule has 0 fully saturated rings. The van der Waals surface area contributed by atoms with Gasteiger partial charge in [-0.1, -0.05) is 152 Å². The third-order valence-corrected chi connectivity index (χ3v) is 11.4. The minimum atomic E-state index is 0.565. The summed E-state index contributed by atoms with van der Waals surface area (Å²) in [4.78, 5) is 15.0. The highest BCUT2D eigenvalue weighted by Gasteiger charge is 2.21. The molecule has 5 nitrogen and oxygen atoms in total. The summed E-state index contributed by atoms with van der Waals surface area (Å²) < 4.78 is 9.29. The minimum absolute atomic E-state index is 0.565. The molecule has 0 bridgehead atoms. The predicted octanol–water partition coefficient (Wildman–Crippen LogP) is 13.8. The second-order valence-corrected chi connectivity index (χ2v) is 14.8. The van der Waals surface area contributed by atoms with Crippen LogP contribution in [0.25, 0.3) is 116 Å². The average molecular weight is 741 g/mol. The van der Waals surface area contributed by atoms with Crippen molar-refractivity contribution >= 4 is 65.3 Å². The molecular formula is C53H32N4O. The molecule has 12 rings (SSSR count). The maximum Gasteiger partial charge on any atom is 0.167 e. The maximum atomic E-state index is 6.91. The van der Waals surface area contributed by atoms with Gasteiger partial charge < -0.3 is 8.98 Å². The number of furan rings is 1. The summed E-state index contributed by atoms with van der Waals surface area (Å²) in [5.74, 6) is 1.79. The smallest absolute Gasteiger partial charge is 0.167 e. The van der Waals surface area contributed by atoms with Gasteiger partial charge in [-0.05, 0) is 75.1 Å². The lowest BCUT2D eigenvalue weighted by atomic mass is 9.94. The van der Waals surface area contributed by atoms with Crippen LogP contribution in [-0.4, -0.2) is 19.5 Å².